The van der Waals surface area contributed by atoms with E-state index in [-0.39, 0.29) is 5.78 Å². The summed E-state index contributed by atoms with van der Waals surface area (Å²) >= 11 is 0. The quantitative estimate of drug-likeness (QED) is 0.465. The van der Waals surface area contributed by atoms with E-state index < -0.39 is 0 Å². The van der Waals surface area contributed by atoms with Crippen LogP contribution < -0.4 is 9.47 Å². The van der Waals surface area contributed by atoms with Gasteiger partial charge in [-0.2, -0.15) is 0 Å². The largest absolute Gasteiger partial charge is 0.497 e. The Morgan fingerprint density at radius 1 is 0.769 bits per heavy atom. The number of rotatable bonds is 6. The predicted octanol–water partition coefficient (Wildman–Crippen LogP) is 5.02. The molecule has 0 fully saturated rings. The van der Waals surface area contributed by atoms with Crippen molar-refractivity contribution in [2.45, 2.75) is 0 Å². The number of hydrogen-bond acceptors (Lipinski definition) is 3. The molecule has 3 nitrogen and oxygen atoms in total. The van der Waals surface area contributed by atoms with E-state index in [1.54, 1.807) is 20.3 Å². The van der Waals surface area contributed by atoms with Crippen molar-refractivity contribution in [3.63, 3.8) is 0 Å². The van der Waals surface area contributed by atoms with Gasteiger partial charge in [0.2, 0.25) is 0 Å². The van der Waals surface area contributed by atoms with Crippen molar-refractivity contribution in [3.05, 3.63) is 102 Å². The molecule has 0 radical (unpaired) electrons. The van der Waals surface area contributed by atoms with Gasteiger partial charge in [0.15, 0.2) is 5.78 Å². The molecule has 0 saturated heterocycles. The van der Waals surface area contributed by atoms with Crippen LogP contribution in [0.3, 0.4) is 0 Å². The zero-order valence-corrected chi connectivity index (χ0v) is 14.8. The van der Waals surface area contributed by atoms with Crippen LogP contribution in [0, 0.1) is 0 Å². The van der Waals surface area contributed by atoms with Gasteiger partial charge in [-0.25, -0.2) is 0 Å². The summed E-state index contributed by atoms with van der Waals surface area (Å²) in [5.74, 6) is 1.32. The molecule has 0 bridgehead atoms. The molecule has 130 valence electrons. The molecule has 0 aliphatic heterocycles. The highest BCUT2D eigenvalue weighted by Crippen LogP contribution is 2.34. The molecule has 0 atom stereocenters. The molecular weight excluding hydrogens is 324 g/mol. The van der Waals surface area contributed by atoms with Crippen molar-refractivity contribution >= 4 is 11.4 Å². The first kappa shape index (κ1) is 17.5. The van der Waals surface area contributed by atoms with Gasteiger partial charge in [0, 0.05) is 11.1 Å². The number of ether oxygens (including phenoxy) is 2. The molecule has 0 aliphatic rings. The topological polar surface area (TPSA) is 35.5 Å². The van der Waals surface area contributed by atoms with Crippen LogP contribution >= 0.6 is 0 Å². The Kier molecular flexibility index (Phi) is 5.49. The van der Waals surface area contributed by atoms with E-state index in [2.05, 4.69) is 0 Å². The molecule has 0 aliphatic carbocycles. The predicted molar refractivity (Wildman–Crippen MR) is 104 cm³/mol. The van der Waals surface area contributed by atoms with Crippen LogP contribution in [-0.4, -0.2) is 20.0 Å². The molecular formula is C23H20O3. The first-order valence-electron chi connectivity index (χ1n) is 8.32. The van der Waals surface area contributed by atoms with Crippen LogP contribution in [0.5, 0.6) is 11.5 Å². The summed E-state index contributed by atoms with van der Waals surface area (Å²) in [4.78, 5) is 12.8. The third-order valence-corrected chi connectivity index (χ3v) is 4.12. The second-order valence-corrected chi connectivity index (χ2v) is 5.72. The fraction of sp³-hybridized carbons (Fsp3) is 0.0870. The Hall–Kier alpha value is -3.33. The Labute approximate surface area is 153 Å². The summed E-state index contributed by atoms with van der Waals surface area (Å²) in [5, 5.41) is 0. The number of benzene rings is 3. The first-order valence-corrected chi connectivity index (χ1v) is 8.32. The SMILES string of the molecule is COc1ccc(OC)c(/C(=C/C(=O)c2ccccc2)c2ccccc2)c1. The third-order valence-electron chi connectivity index (χ3n) is 4.12. The van der Waals surface area contributed by atoms with E-state index in [1.807, 2.05) is 78.9 Å². The molecule has 0 heterocycles. The Morgan fingerprint density at radius 3 is 1.96 bits per heavy atom. The molecule has 0 amide bonds. The van der Waals surface area contributed by atoms with Gasteiger partial charge in [-0.15, -0.1) is 0 Å². The lowest BCUT2D eigenvalue weighted by Crippen LogP contribution is -2.00. The normalized spacial score (nSPS) is 11.1. The van der Waals surface area contributed by atoms with Crippen LogP contribution in [-0.2, 0) is 0 Å². The van der Waals surface area contributed by atoms with Crippen molar-refractivity contribution in [2.75, 3.05) is 14.2 Å². The monoisotopic (exact) mass is 344 g/mol. The summed E-state index contributed by atoms with van der Waals surface area (Å²) in [6.07, 6.45) is 1.65. The van der Waals surface area contributed by atoms with Gasteiger partial charge in [0.05, 0.1) is 14.2 Å². The highest BCUT2D eigenvalue weighted by molar-refractivity contribution is 6.10. The number of allylic oxidation sites excluding steroid dienone is 1. The maximum Gasteiger partial charge on any atom is 0.186 e. The zero-order valence-electron chi connectivity index (χ0n) is 14.8. The minimum atomic E-state index is -0.0608. The number of methoxy groups -OCH3 is 2. The smallest absolute Gasteiger partial charge is 0.186 e. The second kappa shape index (κ2) is 8.17. The van der Waals surface area contributed by atoms with Crippen LogP contribution in [0.2, 0.25) is 0 Å². The van der Waals surface area contributed by atoms with Crippen molar-refractivity contribution < 1.29 is 14.3 Å². The maximum absolute atomic E-state index is 12.8. The number of hydrogen-bond donors (Lipinski definition) is 0. The fourth-order valence-electron chi connectivity index (χ4n) is 2.78. The third kappa shape index (κ3) is 3.83. The molecule has 0 spiro atoms. The van der Waals surface area contributed by atoms with E-state index in [4.69, 9.17) is 9.47 Å². The van der Waals surface area contributed by atoms with Crippen LogP contribution in [0.4, 0.5) is 0 Å². The van der Waals surface area contributed by atoms with Crippen molar-refractivity contribution in [2.24, 2.45) is 0 Å². The van der Waals surface area contributed by atoms with E-state index >= 15 is 0 Å². The van der Waals surface area contributed by atoms with E-state index in [9.17, 15) is 4.79 Å². The van der Waals surface area contributed by atoms with Crippen molar-refractivity contribution in [1.29, 1.82) is 0 Å². The Morgan fingerprint density at radius 2 is 1.38 bits per heavy atom. The summed E-state index contributed by atoms with van der Waals surface area (Å²) in [5.41, 5.74) is 3.17. The molecule has 0 saturated carbocycles. The van der Waals surface area contributed by atoms with E-state index in [1.165, 1.54) is 0 Å². The Balaban J connectivity index is 2.17. The summed E-state index contributed by atoms with van der Waals surface area (Å²) < 4.78 is 10.9. The average Bonchev–Trinajstić information content (AvgIpc) is 2.72. The van der Waals surface area contributed by atoms with Gasteiger partial charge in [-0.3, -0.25) is 4.79 Å². The van der Waals surface area contributed by atoms with Crippen LogP contribution in [0.1, 0.15) is 21.5 Å². The van der Waals surface area contributed by atoms with Crippen LogP contribution in [0.15, 0.2) is 84.9 Å². The Bertz CT molecular complexity index is 913. The summed E-state index contributed by atoms with van der Waals surface area (Å²) in [6, 6.07) is 24.6. The molecule has 0 unspecified atom stereocenters. The minimum absolute atomic E-state index is 0.0608. The van der Waals surface area contributed by atoms with Crippen molar-refractivity contribution in [3.8, 4) is 11.5 Å². The van der Waals surface area contributed by atoms with E-state index in [0.29, 0.717) is 17.1 Å². The first-order chi connectivity index (χ1) is 12.7. The minimum Gasteiger partial charge on any atom is -0.497 e. The molecule has 3 rings (SSSR count). The van der Waals surface area contributed by atoms with Gasteiger partial charge < -0.3 is 9.47 Å². The highest BCUT2D eigenvalue weighted by Gasteiger charge is 2.14. The number of carbonyl (C=O) groups excluding carboxylic acids is 1. The molecule has 0 aromatic heterocycles. The molecule has 3 aromatic carbocycles. The van der Waals surface area contributed by atoms with Gasteiger partial charge in [-0.1, -0.05) is 60.7 Å². The summed E-state index contributed by atoms with van der Waals surface area (Å²) in [6.45, 7) is 0. The van der Waals surface area contributed by atoms with Gasteiger partial charge >= 0.3 is 0 Å². The molecule has 3 aromatic rings. The second-order valence-electron chi connectivity index (χ2n) is 5.72. The molecule has 0 N–H and O–H groups in total. The average molecular weight is 344 g/mol. The standard InChI is InChI=1S/C23H20O3/c1-25-19-13-14-23(26-2)21(15-19)20(17-9-5-3-6-10-17)16-22(24)18-11-7-4-8-12-18/h3-16H,1-2H3/b20-16+. The van der Waals surface area contributed by atoms with E-state index in [0.717, 1.165) is 16.7 Å². The molecule has 26 heavy (non-hydrogen) atoms. The van der Waals surface area contributed by atoms with Gasteiger partial charge in [0.25, 0.3) is 0 Å². The fourth-order valence-corrected chi connectivity index (χ4v) is 2.78. The van der Waals surface area contributed by atoms with Crippen LogP contribution in [0.25, 0.3) is 5.57 Å². The molecule has 3 heteroatoms. The van der Waals surface area contributed by atoms with Gasteiger partial charge in [0.1, 0.15) is 11.5 Å². The number of ketones is 1. The number of carbonyl (C=O) groups is 1. The summed E-state index contributed by atoms with van der Waals surface area (Å²) in [7, 11) is 3.24. The lowest BCUT2D eigenvalue weighted by molar-refractivity contribution is 0.104. The van der Waals surface area contributed by atoms with Gasteiger partial charge in [-0.05, 0) is 35.4 Å². The lowest BCUT2D eigenvalue weighted by atomic mass is 9.94. The highest BCUT2D eigenvalue weighted by atomic mass is 16.5. The maximum atomic E-state index is 12.8. The van der Waals surface area contributed by atoms with Crippen molar-refractivity contribution in [1.82, 2.24) is 0 Å². The zero-order chi connectivity index (χ0) is 18.4. The lowest BCUT2D eigenvalue weighted by Gasteiger charge is -2.14.